The van der Waals surface area contributed by atoms with Gasteiger partial charge < -0.3 is 36.2 Å². The van der Waals surface area contributed by atoms with Gasteiger partial charge in [0.05, 0.1) is 5.09 Å². The molecule has 0 fully saturated rings. The Hall–Kier alpha value is -4.02. The van der Waals surface area contributed by atoms with Gasteiger partial charge in [-0.2, -0.15) is 0 Å². The third kappa shape index (κ3) is 11.2. The van der Waals surface area contributed by atoms with Crippen LogP contribution in [0.5, 0.6) is 11.5 Å². The van der Waals surface area contributed by atoms with Crippen LogP contribution >= 0.6 is 0 Å². The van der Waals surface area contributed by atoms with Crippen LogP contribution < -0.4 is 20.8 Å². The molecule has 0 amide bonds. The van der Waals surface area contributed by atoms with Crippen molar-refractivity contribution in [2.45, 2.75) is 12.8 Å². The van der Waals surface area contributed by atoms with E-state index < -0.39 is 5.09 Å². The van der Waals surface area contributed by atoms with Crippen LogP contribution in [0.3, 0.4) is 0 Å². The Labute approximate surface area is 249 Å². The van der Waals surface area contributed by atoms with Crippen LogP contribution in [0.2, 0.25) is 0 Å². The zero-order chi connectivity index (χ0) is 28.6. The molecule has 0 saturated carbocycles. The Balaban J connectivity index is 0.00000110. The Morgan fingerprint density at radius 2 is 1.02 bits per heavy atom. The molecule has 11 heteroatoms. The summed E-state index contributed by atoms with van der Waals surface area (Å²) in [6.07, 6.45) is 5.26. The molecule has 0 unspecified atom stereocenters. The summed E-state index contributed by atoms with van der Waals surface area (Å²) in [6.45, 7) is 4.90. The number of benzene rings is 4. The largest absolute Gasteiger partial charge is 3.00 e. The molecular formula is C30H32MnN5O5. The fourth-order valence-electron chi connectivity index (χ4n) is 4.15. The number of aliphatic imine (C=N–C) groups is 2. The third-order valence-corrected chi connectivity index (χ3v) is 6.06. The fourth-order valence-corrected chi connectivity index (χ4v) is 4.15. The molecule has 41 heavy (non-hydrogen) atoms. The third-order valence-electron chi connectivity index (χ3n) is 6.06. The van der Waals surface area contributed by atoms with E-state index in [4.69, 9.17) is 15.3 Å². The van der Waals surface area contributed by atoms with Crippen LogP contribution in [0, 0.1) is 15.3 Å². The minimum atomic E-state index is -1.75. The maximum atomic E-state index is 12.2. The summed E-state index contributed by atoms with van der Waals surface area (Å²) in [7, 11) is 0. The van der Waals surface area contributed by atoms with Crippen LogP contribution in [0.15, 0.2) is 82.8 Å². The van der Waals surface area contributed by atoms with Gasteiger partial charge in [-0.15, -0.1) is 0 Å². The van der Waals surface area contributed by atoms with Crippen molar-refractivity contribution in [3.05, 3.63) is 99.2 Å². The first-order chi connectivity index (χ1) is 19.5. The molecule has 0 heterocycles. The molecule has 0 aromatic heterocycles. The standard InChI is InChI=1S/C30H34N4O2.Mn.NO3/c35-29-13-11-23-7-1-3-9-25(23)27(29)21-33-17-5-15-31-19-20-32-16-6-18-34-22-28-26-10-4-2-8-24(26)12-14-30(28)36;;2-1(3)4/h1-4,7-14,21-22,31-32,35-36H,5-6,15-20H2;;/q;+3;-1/p-2. The second-order valence-electron chi connectivity index (χ2n) is 8.90. The summed E-state index contributed by atoms with van der Waals surface area (Å²) in [5, 5.41) is 49.9. The molecular weight excluding hydrogens is 565 g/mol. The average molecular weight is 598 g/mol. The molecule has 4 aromatic rings. The molecule has 214 valence electrons. The molecule has 4 rings (SSSR count). The van der Waals surface area contributed by atoms with Crippen molar-refractivity contribution < 1.29 is 32.4 Å². The molecule has 2 N–H and O–H groups in total. The van der Waals surface area contributed by atoms with Crippen molar-refractivity contribution in [2.24, 2.45) is 9.98 Å². The molecule has 0 aliphatic carbocycles. The van der Waals surface area contributed by atoms with Crippen molar-refractivity contribution in [3.63, 3.8) is 0 Å². The molecule has 0 saturated heterocycles. The molecule has 10 nitrogen and oxygen atoms in total. The molecule has 0 atom stereocenters. The van der Waals surface area contributed by atoms with Crippen molar-refractivity contribution in [3.8, 4) is 11.5 Å². The van der Waals surface area contributed by atoms with Gasteiger partial charge in [0.15, 0.2) is 0 Å². The molecule has 0 radical (unpaired) electrons. The molecule has 0 bridgehead atoms. The second-order valence-corrected chi connectivity index (χ2v) is 8.90. The monoisotopic (exact) mass is 597 g/mol. The van der Waals surface area contributed by atoms with E-state index in [0.717, 1.165) is 60.6 Å². The van der Waals surface area contributed by atoms with Gasteiger partial charge in [-0.1, -0.05) is 84.3 Å². The van der Waals surface area contributed by atoms with E-state index in [0.29, 0.717) is 24.2 Å². The minimum absolute atomic E-state index is 0. The summed E-state index contributed by atoms with van der Waals surface area (Å²) >= 11 is 0. The van der Waals surface area contributed by atoms with Gasteiger partial charge in [0, 0.05) is 38.6 Å². The van der Waals surface area contributed by atoms with Gasteiger partial charge >= 0.3 is 17.1 Å². The van der Waals surface area contributed by atoms with Gasteiger partial charge in [-0.3, -0.25) is 9.98 Å². The van der Waals surface area contributed by atoms with E-state index in [-0.39, 0.29) is 28.6 Å². The van der Waals surface area contributed by atoms with E-state index in [1.54, 1.807) is 24.6 Å². The smallest absolute Gasteiger partial charge is 0.872 e. The predicted molar refractivity (Wildman–Crippen MR) is 157 cm³/mol. The van der Waals surface area contributed by atoms with Gasteiger partial charge in [0.2, 0.25) is 0 Å². The van der Waals surface area contributed by atoms with E-state index in [1.807, 2.05) is 60.7 Å². The Morgan fingerprint density at radius 1 is 0.634 bits per heavy atom. The van der Waals surface area contributed by atoms with Crippen LogP contribution in [0.4, 0.5) is 0 Å². The normalized spacial score (nSPS) is 11.0. The predicted octanol–water partition coefficient (Wildman–Crippen LogP) is 3.40. The van der Waals surface area contributed by atoms with Gasteiger partial charge in [-0.25, -0.2) is 0 Å². The van der Waals surface area contributed by atoms with Gasteiger partial charge in [0.1, 0.15) is 0 Å². The van der Waals surface area contributed by atoms with Gasteiger partial charge in [-0.05, 0) is 58.6 Å². The molecule has 0 spiro atoms. The van der Waals surface area contributed by atoms with Crippen molar-refractivity contribution >= 4 is 34.0 Å². The Bertz CT molecular complexity index is 1340. The summed E-state index contributed by atoms with van der Waals surface area (Å²) < 4.78 is 0. The van der Waals surface area contributed by atoms with E-state index in [9.17, 15) is 10.2 Å². The number of hydrogen-bond acceptors (Lipinski definition) is 9. The van der Waals surface area contributed by atoms with Crippen LogP contribution in [-0.2, 0) is 17.1 Å². The number of rotatable bonds is 13. The summed E-state index contributed by atoms with van der Waals surface area (Å²) in [4.78, 5) is 17.2. The summed E-state index contributed by atoms with van der Waals surface area (Å²) in [6, 6.07) is 22.7. The zero-order valence-electron chi connectivity index (χ0n) is 22.5. The second kappa shape index (κ2) is 18.4. The van der Waals surface area contributed by atoms with Crippen molar-refractivity contribution in [1.29, 1.82) is 0 Å². The number of hydrogen-bond donors (Lipinski definition) is 2. The van der Waals surface area contributed by atoms with Crippen molar-refractivity contribution in [2.75, 3.05) is 39.3 Å². The topological polar surface area (TPSA) is 161 Å². The average Bonchev–Trinajstić information content (AvgIpc) is 2.95. The first kappa shape index (κ1) is 33.2. The van der Waals surface area contributed by atoms with Gasteiger partial charge in [0.25, 0.3) is 0 Å². The first-order valence-corrected chi connectivity index (χ1v) is 13.1. The SMILES string of the molecule is O=[N+]([O-])[O-].[Mn+3].[O-]c1ccc2ccccc2c1C=NCCCNCCNCCCN=Cc1c([O-])ccc2ccccc12. The van der Waals surface area contributed by atoms with Crippen LogP contribution in [0.1, 0.15) is 24.0 Å². The number of nitrogens with zero attached hydrogens (tertiary/aromatic N) is 3. The minimum Gasteiger partial charge on any atom is -0.872 e. The zero-order valence-corrected chi connectivity index (χ0v) is 23.7. The van der Waals surface area contributed by atoms with E-state index >= 15 is 0 Å². The maximum absolute atomic E-state index is 12.2. The van der Waals surface area contributed by atoms with Crippen molar-refractivity contribution in [1.82, 2.24) is 10.6 Å². The maximum Gasteiger partial charge on any atom is 3.00 e. The molecule has 0 aliphatic heterocycles. The number of nitrogens with one attached hydrogen (secondary N) is 2. The van der Waals surface area contributed by atoms with Crippen LogP contribution in [-0.4, -0.2) is 56.8 Å². The first-order valence-electron chi connectivity index (χ1n) is 13.1. The fraction of sp³-hybridized carbons (Fsp3) is 0.267. The van der Waals surface area contributed by atoms with E-state index in [1.165, 1.54) is 0 Å². The Morgan fingerprint density at radius 3 is 1.44 bits per heavy atom. The van der Waals surface area contributed by atoms with E-state index in [2.05, 4.69) is 20.6 Å². The number of fused-ring (bicyclic) bond motifs is 2. The summed E-state index contributed by atoms with van der Waals surface area (Å²) in [5.74, 6) is 0.0205. The van der Waals surface area contributed by atoms with Crippen LogP contribution in [0.25, 0.3) is 21.5 Å². The molecule has 4 aromatic carbocycles. The molecule has 0 aliphatic rings. The quantitative estimate of drug-likeness (QED) is 0.0785. The Kier molecular flexibility index (Phi) is 14.9. The summed E-state index contributed by atoms with van der Waals surface area (Å²) in [5.41, 5.74) is 1.33.